The van der Waals surface area contributed by atoms with Gasteiger partial charge in [-0.1, -0.05) is 27.7 Å². The number of nitrogens with one attached hydrogen (secondary N) is 1. The van der Waals surface area contributed by atoms with Crippen molar-refractivity contribution in [2.75, 3.05) is 143 Å². The molecule has 76 heavy (non-hydrogen) atoms. The summed E-state index contributed by atoms with van der Waals surface area (Å²) >= 11 is 2.16. The Bertz CT molecular complexity index is 1670. The number of hydrogen-bond acceptors (Lipinski definition) is 11. The molecule has 2 atom stereocenters. The van der Waals surface area contributed by atoms with Crippen molar-refractivity contribution in [2.24, 2.45) is 37.9 Å². The molecule has 11 aliphatic heterocycles. The van der Waals surface area contributed by atoms with Gasteiger partial charge in [0.1, 0.15) is 0 Å². The maximum Gasteiger partial charge on any atom is 0.0569 e. The zero-order valence-electron chi connectivity index (χ0n) is 53.6. The van der Waals surface area contributed by atoms with E-state index in [1.54, 1.807) is 0 Å². The zero-order chi connectivity index (χ0) is 56.0. The Morgan fingerprint density at radius 2 is 0.816 bits per heavy atom. The van der Waals surface area contributed by atoms with Crippen molar-refractivity contribution in [2.45, 2.75) is 236 Å². The van der Waals surface area contributed by atoms with Crippen molar-refractivity contribution in [1.82, 2.24) is 29.8 Å². The lowest BCUT2D eigenvalue weighted by Gasteiger charge is -2.56. The fraction of sp³-hybridized carbons (Fsp3) is 1.00. The molecule has 6 spiro atoms. The van der Waals surface area contributed by atoms with Gasteiger partial charge in [-0.05, 0) is 254 Å². The summed E-state index contributed by atoms with van der Waals surface area (Å²) < 4.78 is 21.6. The first-order chi connectivity index (χ1) is 35.2. The van der Waals surface area contributed by atoms with Gasteiger partial charge in [0.15, 0.2) is 0 Å². The third-order valence-electron chi connectivity index (χ3n) is 19.8. The molecule has 11 saturated heterocycles. The molecule has 0 amide bonds. The minimum absolute atomic E-state index is 0.329. The molecular formula is C65H126N6O4S. The first-order valence-electron chi connectivity index (χ1n) is 31.5. The molecule has 11 heteroatoms. The van der Waals surface area contributed by atoms with Crippen molar-refractivity contribution >= 4 is 11.8 Å². The minimum atomic E-state index is 0.329. The van der Waals surface area contributed by atoms with Crippen LogP contribution in [0.25, 0.3) is 0 Å². The molecule has 2 unspecified atom stereocenters. The molecule has 446 valence electrons. The van der Waals surface area contributed by atoms with E-state index < -0.39 is 0 Å². The number of nitrogens with zero attached hydrogens (tertiary/aromatic N) is 5. The Hall–Kier alpha value is -0.0500. The lowest BCUT2D eigenvalue weighted by molar-refractivity contribution is -0.195. The van der Waals surface area contributed by atoms with Gasteiger partial charge in [0, 0.05) is 96.1 Å². The van der Waals surface area contributed by atoms with Crippen LogP contribution in [0.5, 0.6) is 0 Å². The molecule has 0 aromatic heterocycles. The first-order valence-corrected chi connectivity index (χ1v) is 32.7. The van der Waals surface area contributed by atoms with Gasteiger partial charge in [-0.15, -0.1) is 0 Å². The van der Waals surface area contributed by atoms with Crippen molar-refractivity contribution < 1.29 is 18.9 Å². The van der Waals surface area contributed by atoms with Gasteiger partial charge in [-0.25, -0.2) is 0 Å². The molecule has 0 aromatic rings. The fourth-order valence-electron chi connectivity index (χ4n) is 13.4. The molecule has 1 N–H and O–H groups in total. The number of ether oxygens (including phenoxy) is 4. The van der Waals surface area contributed by atoms with Crippen molar-refractivity contribution in [3.8, 4) is 0 Å². The van der Waals surface area contributed by atoms with E-state index in [9.17, 15) is 0 Å². The smallest absolute Gasteiger partial charge is 0.0569 e. The van der Waals surface area contributed by atoms with Gasteiger partial charge >= 0.3 is 0 Å². The second kappa shape index (κ2) is 26.3. The van der Waals surface area contributed by atoms with E-state index in [1.807, 2.05) is 0 Å². The Morgan fingerprint density at radius 1 is 0.395 bits per heavy atom. The van der Waals surface area contributed by atoms with E-state index in [0.717, 1.165) is 64.3 Å². The molecule has 11 heterocycles. The van der Waals surface area contributed by atoms with Crippen molar-refractivity contribution in [3.63, 3.8) is 0 Å². The predicted molar refractivity (Wildman–Crippen MR) is 325 cm³/mol. The summed E-state index contributed by atoms with van der Waals surface area (Å²) in [5, 5.41) is 3.38. The van der Waals surface area contributed by atoms with Crippen LogP contribution in [0.15, 0.2) is 0 Å². The number of likely N-dealkylation sites (tertiary alicyclic amines) is 5. The molecule has 12 fully saturated rings. The molecule has 0 aromatic carbocycles. The van der Waals surface area contributed by atoms with E-state index in [4.69, 9.17) is 18.9 Å². The Balaban J connectivity index is 0.000000147. The summed E-state index contributed by atoms with van der Waals surface area (Å²) in [6.45, 7) is 64.5. The van der Waals surface area contributed by atoms with Gasteiger partial charge in [0.05, 0.1) is 39.6 Å². The molecular weight excluding hydrogens is 961 g/mol. The maximum absolute atomic E-state index is 5.57. The van der Waals surface area contributed by atoms with Crippen LogP contribution in [0.3, 0.4) is 0 Å². The molecule has 0 bridgehead atoms. The van der Waals surface area contributed by atoms with E-state index in [1.165, 1.54) is 174 Å². The van der Waals surface area contributed by atoms with E-state index in [-0.39, 0.29) is 0 Å². The fourth-order valence-corrected chi connectivity index (χ4v) is 14.9. The molecule has 12 rings (SSSR count). The van der Waals surface area contributed by atoms with Crippen molar-refractivity contribution in [1.29, 1.82) is 0 Å². The van der Waals surface area contributed by atoms with E-state index in [2.05, 4.69) is 166 Å². The lowest BCUT2D eigenvalue weighted by atomic mass is 9.76. The van der Waals surface area contributed by atoms with Gasteiger partial charge in [0.25, 0.3) is 0 Å². The number of piperidine rings is 3. The summed E-state index contributed by atoms with van der Waals surface area (Å²) in [7, 11) is 0. The molecule has 12 aliphatic rings. The topological polar surface area (TPSA) is 65.2 Å². The highest BCUT2D eigenvalue weighted by atomic mass is 32.2. The van der Waals surface area contributed by atoms with Gasteiger partial charge in [-0.3, -0.25) is 24.5 Å². The highest BCUT2D eigenvalue weighted by molar-refractivity contribution is 7.99. The number of thioether (sulfide) groups is 1. The standard InChI is InChI=1S/2C12H23NO.C11H21NO.C11H21NS.C8H15NO.C6H11N.C5H12/c1-11(2,3)13-7-4-12(5-8-13)6-9-14-10-12;1-11(2,3)13-7-4-5-12(9-13)6-8-14-10-12;1-10(2,3)12-6-4-11(5-7-12)8-13-9-11;1-10(2,3)12-6-4-11(8-12)5-7-13-9-11;1-7(2)9-3-8(4-9)5-10-6-8;1-2-6(1)3-4-7-5-6;1-5(2,3)4/h2*4-10H2,1-3H3;2*4-9H2,1-3H3;7H,3-6H2,1-2H3;7H,1-5H2;1-4H3. The van der Waals surface area contributed by atoms with E-state index >= 15 is 0 Å². The highest BCUT2D eigenvalue weighted by Gasteiger charge is 2.50. The van der Waals surface area contributed by atoms with Gasteiger partial charge in [-0.2, -0.15) is 11.8 Å². The minimum Gasteiger partial charge on any atom is -0.381 e. The Labute approximate surface area is 475 Å². The number of hydrogen-bond donors (Lipinski definition) is 1. The average molecular weight is 1090 g/mol. The van der Waals surface area contributed by atoms with Crippen LogP contribution in [0.4, 0.5) is 0 Å². The summed E-state index contributed by atoms with van der Waals surface area (Å²) in [6, 6.07) is 0.728. The summed E-state index contributed by atoms with van der Waals surface area (Å²) in [6.07, 6.45) is 18.0. The second-order valence-corrected chi connectivity index (χ2v) is 34.3. The van der Waals surface area contributed by atoms with Crippen LogP contribution < -0.4 is 5.32 Å². The van der Waals surface area contributed by atoms with Crippen molar-refractivity contribution in [3.05, 3.63) is 0 Å². The zero-order valence-corrected chi connectivity index (χ0v) is 54.4. The maximum atomic E-state index is 5.57. The summed E-state index contributed by atoms with van der Waals surface area (Å²) in [5.41, 5.74) is 5.71. The molecule has 0 radical (unpaired) electrons. The summed E-state index contributed by atoms with van der Waals surface area (Å²) in [5.74, 6) is 2.82. The van der Waals surface area contributed by atoms with Crippen LogP contribution in [0.2, 0.25) is 0 Å². The Kier molecular flexibility index (Phi) is 22.5. The second-order valence-electron chi connectivity index (χ2n) is 33.2. The van der Waals surface area contributed by atoms with Crippen LogP contribution in [-0.4, -0.2) is 196 Å². The van der Waals surface area contributed by atoms with Gasteiger partial charge < -0.3 is 24.3 Å². The van der Waals surface area contributed by atoms with Crippen LogP contribution in [-0.2, 0) is 18.9 Å². The average Bonchev–Trinajstić information content (AvgIpc) is 3.94. The molecule has 1 aliphatic carbocycles. The molecule has 1 saturated carbocycles. The van der Waals surface area contributed by atoms with E-state index in [0.29, 0.717) is 54.6 Å². The summed E-state index contributed by atoms with van der Waals surface area (Å²) in [4.78, 5) is 13.0. The van der Waals surface area contributed by atoms with Crippen LogP contribution in [0, 0.1) is 37.9 Å². The predicted octanol–water partition coefficient (Wildman–Crippen LogP) is 12.6. The van der Waals surface area contributed by atoms with Crippen LogP contribution >= 0.6 is 11.8 Å². The van der Waals surface area contributed by atoms with Crippen LogP contribution in [0.1, 0.15) is 208 Å². The lowest BCUT2D eigenvalue weighted by Crippen LogP contribution is -2.67. The normalized spacial score (nSPS) is 30.8. The SMILES string of the molecule is C1CC2(CC2)CN1.CC(C)(C)C.CC(C)(C)N1CCC2(CC1)COC2.CC(C)(C)N1CCC2(CCOC2)CC1.CC(C)(C)N1CCC2(CCSC2)C1.CC(C)(C)N1CCCC2(CCOC2)C1.CC(C)N1CC2(COC2)C1. The first kappa shape index (κ1) is 65.1. The van der Waals surface area contributed by atoms with Gasteiger partial charge in [0.2, 0.25) is 0 Å². The highest BCUT2D eigenvalue weighted by Crippen LogP contribution is 2.50. The third-order valence-corrected chi connectivity index (χ3v) is 21.1. The number of rotatable bonds is 1. The quantitative estimate of drug-likeness (QED) is 0.273. The largest absolute Gasteiger partial charge is 0.381 e. The molecule has 10 nitrogen and oxygen atoms in total. The monoisotopic (exact) mass is 1090 g/mol. The third kappa shape index (κ3) is 19.5. The Morgan fingerprint density at radius 3 is 1.16 bits per heavy atom.